The molecule has 20 heavy (non-hydrogen) atoms. The number of carbonyl (C=O) groups is 2. The molecule has 7 nitrogen and oxygen atoms in total. The molecule has 0 bridgehead atoms. The molecular formula is C13H21N3O4. The van der Waals surface area contributed by atoms with Crippen molar-refractivity contribution in [2.45, 2.75) is 52.3 Å². The van der Waals surface area contributed by atoms with E-state index in [-0.39, 0.29) is 6.42 Å². The Balaban J connectivity index is 2.52. The van der Waals surface area contributed by atoms with Gasteiger partial charge in [-0.3, -0.25) is 4.68 Å². The SMILES string of the molecule is Cc1cnn(CCC(NC(=O)OC(C)(C)C)C(=O)O)c1. The molecule has 1 aromatic heterocycles. The molecule has 0 aliphatic carbocycles. The van der Waals surface area contributed by atoms with Crippen LogP contribution >= 0.6 is 0 Å². The standard InChI is InChI=1S/C13H21N3O4/c1-9-7-14-16(8-9)6-5-10(11(17)18)15-12(19)20-13(2,3)4/h7-8,10H,5-6H2,1-4H3,(H,15,19)(H,17,18). The third kappa shape index (κ3) is 5.73. The molecule has 0 aliphatic heterocycles. The number of hydrogen-bond donors (Lipinski definition) is 2. The van der Waals surface area contributed by atoms with E-state index >= 15 is 0 Å². The molecule has 1 unspecified atom stereocenters. The Bertz CT molecular complexity index is 476. The van der Waals surface area contributed by atoms with Crippen LogP contribution in [0.4, 0.5) is 4.79 Å². The maximum absolute atomic E-state index is 11.6. The lowest BCUT2D eigenvalue weighted by Crippen LogP contribution is -2.44. The molecule has 1 amide bonds. The summed E-state index contributed by atoms with van der Waals surface area (Å²) in [5, 5.41) is 15.5. The number of aromatic nitrogens is 2. The van der Waals surface area contributed by atoms with E-state index in [9.17, 15) is 9.59 Å². The van der Waals surface area contributed by atoms with Crippen molar-refractivity contribution in [1.29, 1.82) is 0 Å². The zero-order valence-electron chi connectivity index (χ0n) is 12.2. The molecule has 1 atom stereocenters. The van der Waals surface area contributed by atoms with E-state index in [0.29, 0.717) is 6.54 Å². The zero-order chi connectivity index (χ0) is 15.3. The number of hydrogen-bond acceptors (Lipinski definition) is 4. The van der Waals surface area contributed by atoms with Crippen LogP contribution in [0, 0.1) is 6.92 Å². The predicted molar refractivity (Wildman–Crippen MR) is 72.4 cm³/mol. The van der Waals surface area contributed by atoms with Crippen molar-refractivity contribution in [3.05, 3.63) is 18.0 Å². The Morgan fingerprint density at radius 2 is 2.15 bits per heavy atom. The van der Waals surface area contributed by atoms with Crippen molar-refractivity contribution in [2.24, 2.45) is 0 Å². The van der Waals surface area contributed by atoms with Crippen LogP contribution < -0.4 is 5.32 Å². The molecule has 0 saturated carbocycles. The molecule has 0 fully saturated rings. The second-order valence-electron chi connectivity index (χ2n) is 5.61. The van der Waals surface area contributed by atoms with Gasteiger partial charge in [0, 0.05) is 12.7 Å². The van der Waals surface area contributed by atoms with E-state index in [1.807, 2.05) is 13.1 Å². The average molecular weight is 283 g/mol. The summed E-state index contributed by atoms with van der Waals surface area (Å²) >= 11 is 0. The van der Waals surface area contributed by atoms with E-state index in [1.54, 1.807) is 31.6 Å². The Labute approximate surface area is 117 Å². The first kappa shape index (κ1) is 16.0. The van der Waals surface area contributed by atoms with Gasteiger partial charge in [0.25, 0.3) is 0 Å². The summed E-state index contributed by atoms with van der Waals surface area (Å²) in [5.41, 5.74) is 0.337. The van der Waals surface area contributed by atoms with Gasteiger partial charge in [-0.25, -0.2) is 9.59 Å². The molecule has 1 rings (SSSR count). The summed E-state index contributed by atoms with van der Waals surface area (Å²) in [6, 6.07) is -1.01. The van der Waals surface area contributed by atoms with E-state index in [0.717, 1.165) is 5.56 Å². The monoisotopic (exact) mass is 283 g/mol. The van der Waals surface area contributed by atoms with E-state index < -0.39 is 23.7 Å². The molecule has 0 saturated heterocycles. The minimum absolute atomic E-state index is 0.232. The van der Waals surface area contributed by atoms with Gasteiger partial charge >= 0.3 is 12.1 Å². The van der Waals surface area contributed by atoms with Crippen molar-refractivity contribution in [3.63, 3.8) is 0 Å². The van der Waals surface area contributed by atoms with Crippen molar-refractivity contribution in [1.82, 2.24) is 15.1 Å². The van der Waals surface area contributed by atoms with Gasteiger partial charge in [-0.05, 0) is 39.7 Å². The molecule has 7 heteroatoms. The number of nitrogens with zero attached hydrogens (tertiary/aromatic N) is 2. The summed E-state index contributed by atoms with van der Waals surface area (Å²) < 4.78 is 6.68. The maximum atomic E-state index is 11.6. The zero-order valence-corrected chi connectivity index (χ0v) is 12.2. The number of aliphatic carboxylic acids is 1. The number of ether oxygens (including phenoxy) is 1. The van der Waals surface area contributed by atoms with Gasteiger partial charge in [-0.1, -0.05) is 0 Å². The van der Waals surface area contributed by atoms with Crippen LogP contribution in [-0.4, -0.2) is 38.6 Å². The second-order valence-corrected chi connectivity index (χ2v) is 5.61. The number of amides is 1. The first-order chi connectivity index (χ1) is 9.17. The molecule has 1 heterocycles. The highest BCUT2D eigenvalue weighted by atomic mass is 16.6. The number of aryl methyl sites for hydroxylation is 2. The molecule has 0 aromatic carbocycles. The average Bonchev–Trinajstić information content (AvgIpc) is 2.67. The minimum atomic E-state index is -1.10. The van der Waals surface area contributed by atoms with Gasteiger partial charge in [0.15, 0.2) is 0 Å². The van der Waals surface area contributed by atoms with E-state index in [2.05, 4.69) is 10.4 Å². The van der Waals surface area contributed by atoms with Crippen molar-refractivity contribution in [3.8, 4) is 0 Å². The first-order valence-corrected chi connectivity index (χ1v) is 6.39. The Kier molecular flexibility index (Phi) is 5.12. The number of alkyl carbamates (subject to hydrolysis) is 1. The fourth-order valence-corrected chi connectivity index (χ4v) is 1.56. The summed E-state index contributed by atoms with van der Waals surface area (Å²) in [7, 11) is 0. The van der Waals surface area contributed by atoms with Crippen LogP contribution in [0.15, 0.2) is 12.4 Å². The number of carbonyl (C=O) groups excluding carboxylic acids is 1. The fourth-order valence-electron chi connectivity index (χ4n) is 1.56. The van der Waals surface area contributed by atoms with Gasteiger partial charge in [0.2, 0.25) is 0 Å². The molecule has 0 spiro atoms. The fraction of sp³-hybridized carbons (Fsp3) is 0.615. The quantitative estimate of drug-likeness (QED) is 0.855. The van der Waals surface area contributed by atoms with Crippen LogP contribution in [0.25, 0.3) is 0 Å². The Morgan fingerprint density at radius 1 is 1.50 bits per heavy atom. The van der Waals surface area contributed by atoms with Gasteiger partial charge in [0.1, 0.15) is 11.6 Å². The van der Waals surface area contributed by atoms with Gasteiger partial charge in [0.05, 0.1) is 6.20 Å². The van der Waals surface area contributed by atoms with Crippen molar-refractivity contribution < 1.29 is 19.4 Å². The molecular weight excluding hydrogens is 262 g/mol. The highest BCUT2D eigenvalue weighted by molar-refractivity contribution is 5.79. The van der Waals surface area contributed by atoms with Crippen LogP contribution in [-0.2, 0) is 16.1 Å². The normalized spacial score (nSPS) is 12.8. The first-order valence-electron chi connectivity index (χ1n) is 6.39. The summed E-state index contributed by atoms with van der Waals surface area (Å²) in [5.74, 6) is -1.10. The topological polar surface area (TPSA) is 93.5 Å². The van der Waals surface area contributed by atoms with Gasteiger partial charge in [-0.2, -0.15) is 5.10 Å². The van der Waals surface area contributed by atoms with Crippen LogP contribution in [0.2, 0.25) is 0 Å². The minimum Gasteiger partial charge on any atom is -0.480 e. The number of rotatable bonds is 5. The van der Waals surface area contributed by atoms with Crippen molar-refractivity contribution >= 4 is 12.1 Å². The lowest BCUT2D eigenvalue weighted by molar-refractivity contribution is -0.139. The molecule has 0 aliphatic rings. The van der Waals surface area contributed by atoms with Crippen LogP contribution in [0.5, 0.6) is 0 Å². The van der Waals surface area contributed by atoms with E-state index in [1.165, 1.54) is 0 Å². The van der Waals surface area contributed by atoms with Crippen LogP contribution in [0.1, 0.15) is 32.8 Å². The van der Waals surface area contributed by atoms with Crippen molar-refractivity contribution in [2.75, 3.05) is 0 Å². The van der Waals surface area contributed by atoms with Crippen LogP contribution in [0.3, 0.4) is 0 Å². The van der Waals surface area contributed by atoms with E-state index in [4.69, 9.17) is 9.84 Å². The molecule has 112 valence electrons. The lowest BCUT2D eigenvalue weighted by Gasteiger charge is -2.22. The third-order valence-corrected chi connectivity index (χ3v) is 2.40. The molecule has 1 aromatic rings. The lowest BCUT2D eigenvalue weighted by atomic mass is 10.2. The number of nitrogens with one attached hydrogen (secondary N) is 1. The highest BCUT2D eigenvalue weighted by Crippen LogP contribution is 2.07. The highest BCUT2D eigenvalue weighted by Gasteiger charge is 2.23. The Hall–Kier alpha value is -2.05. The Morgan fingerprint density at radius 3 is 2.60 bits per heavy atom. The third-order valence-electron chi connectivity index (χ3n) is 2.40. The second kappa shape index (κ2) is 6.40. The van der Waals surface area contributed by atoms with Gasteiger partial charge < -0.3 is 15.2 Å². The smallest absolute Gasteiger partial charge is 0.408 e. The number of carboxylic acids is 1. The molecule has 0 radical (unpaired) electrons. The molecule has 2 N–H and O–H groups in total. The number of carboxylic acid groups (broad SMARTS) is 1. The maximum Gasteiger partial charge on any atom is 0.408 e. The van der Waals surface area contributed by atoms with Gasteiger partial charge in [-0.15, -0.1) is 0 Å². The summed E-state index contributed by atoms with van der Waals surface area (Å²) in [6.45, 7) is 7.45. The predicted octanol–water partition coefficient (Wildman–Crippen LogP) is 1.56. The summed E-state index contributed by atoms with van der Waals surface area (Å²) in [6.07, 6.45) is 3.00. The summed E-state index contributed by atoms with van der Waals surface area (Å²) in [4.78, 5) is 22.7. The largest absolute Gasteiger partial charge is 0.480 e.